The number of nitrogens with two attached hydrogens (primary N) is 1. The van der Waals surface area contributed by atoms with Crippen molar-refractivity contribution >= 4 is 16.0 Å². The first-order chi connectivity index (χ1) is 17.4. The van der Waals surface area contributed by atoms with Crippen molar-refractivity contribution in [3.8, 4) is 5.75 Å². The van der Waals surface area contributed by atoms with Crippen LogP contribution in [0.4, 0.5) is 13.2 Å². The highest BCUT2D eigenvalue weighted by atomic mass is 32.2. The maximum atomic E-state index is 12.6. The Labute approximate surface area is 212 Å². The molecule has 9 nitrogen and oxygen atoms in total. The predicted molar refractivity (Wildman–Crippen MR) is 128 cm³/mol. The molecule has 13 heteroatoms. The Hall–Kier alpha value is -3.42. The summed E-state index contributed by atoms with van der Waals surface area (Å²) in [6.45, 7) is 3.17. The Balaban J connectivity index is 0.000000479. The van der Waals surface area contributed by atoms with Gasteiger partial charge in [0.2, 0.25) is 10.0 Å². The molecule has 0 spiro atoms. The quantitative estimate of drug-likeness (QED) is 0.419. The van der Waals surface area contributed by atoms with Crippen molar-refractivity contribution < 1.29 is 36.2 Å². The average molecular weight is 541 g/mol. The molecule has 3 aromatic rings. The Morgan fingerprint density at radius 2 is 1.89 bits per heavy atom. The molecule has 200 valence electrons. The van der Waals surface area contributed by atoms with Crippen molar-refractivity contribution in [1.82, 2.24) is 14.5 Å². The van der Waals surface area contributed by atoms with Crippen molar-refractivity contribution in [2.24, 2.45) is 5.73 Å². The molecule has 0 saturated carbocycles. The molecule has 0 saturated heterocycles. The van der Waals surface area contributed by atoms with Gasteiger partial charge >= 0.3 is 12.1 Å². The number of ether oxygens (including phenoxy) is 1. The Morgan fingerprint density at radius 3 is 2.49 bits per heavy atom. The molecule has 0 aliphatic carbocycles. The van der Waals surface area contributed by atoms with Crippen molar-refractivity contribution in [2.45, 2.75) is 49.5 Å². The van der Waals surface area contributed by atoms with Gasteiger partial charge in [-0.2, -0.15) is 18.3 Å². The van der Waals surface area contributed by atoms with Crippen LogP contribution in [0.25, 0.3) is 0 Å². The van der Waals surface area contributed by atoms with Crippen molar-refractivity contribution in [3.63, 3.8) is 0 Å². The van der Waals surface area contributed by atoms with Crippen LogP contribution in [0, 0.1) is 0 Å². The third kappa shape index (κ3) is 7.54. The van der Waals surface area contributed by atoms with Crippen LogP contribution >= 0.6 is 0 Å². The first-order valence-corrected chi connectivity index (χ1v) is 12.8. The van der Waals surface area contributed by atoms with Gasteiger partial charge in [-0.25, -0.2) is 17.9 Å². The summed E-state index contributed by atoms with van der Waals surface area (Å²) >= 11 is 0. The van der Waals surface area contributed by atoms with Gasteiger partial charge in [-0.3, -0.25) is 4.68 Å². The molecular weight excluding hydrogens is 513 g/mol. The minimum Gasteiger partial charge on any atom is -0.492 e. The van der Waals surface area contributed by atoms with E-state index >= 15 is 0 Å². The van der Waals surface area contributed by atoms with Crippen LogP contribution in [0.3, 0.4) is 0 Å². The minimum atomic E-state index is -5.08. The van der Waals surface area contributed by atoms with Gasteiger partial charge in [-0.1, -0.05) is 42.5 Å². The number of nitrogens with zero attached hydrogens (tertiary/aromatic N) is 2. The third-order valence-corrected chi connectivity index (χ3v) is 7.03. The number of fused-ring (bicyclic) bond motifs is 1. The Kier molecular flexibility index (Phi) is 8.94. The summed E-state index contributed by atoms with van der Waals surface area (Å²) in [5.74, 6) is -1.84. The lowest BCUT2D eigenvalue weighted by Crippen LogP contribution is -2.39. The molecule has 2 heterocycles. The molecule has 2 aromatic carbocycles. The van der Waals surface area contributed by atoms with E-state index < -0.39 is 22.2 Å². The van der Waals surface area contributed by atoms with Crippen LogP contribution in [0.5, 0.6) is 5.75 Å². The van der Waals surface area contributed by atoms with Gasteiger partial charge in [0.1, 0.15) is 17.3 Å². The van der Waals surface area contributed by atoms with Gasteiger partial charge in [0, 0.05) is 31.2 Å². The highest BCUT2D eigenvalue weighted by Gasteiger charge is 2.38. The molecule has 0 amide bonds. The normalized spacial score (nSPS) is 17.2. The molecule has 2 atom stereocenters. The van der Waals surface area contributed by atoms with Crippen molar-refractivity contribution in [2.75, 3.05) is 6.61 Å². The topological polar surface area (TPSA) is 137 Å². The summed E-state index contributed by atoms with van der Waals surface area (Å²) in [5, 5.41) is 11.2. The molecule has 0 bridgehead atoms. The summed E-state index contributed by atoms with van der Waals surface area (Å²) in [7, 11) is -3.63. The molecule has 4 rings (SSSR count). The minimum absolute atomic E-state index is 0.107. The van der Waals surface area contributed by atoms with E-state index in [1.54, 1.807) is 4.68 Å². The number of aryl methyl sites for hydroxylation is 1. The molecule has 0 fully saturated rings. The van der Waals surface area contributed by atoms with Gasteiger partial charge < -0.3 is 15.6 Å². The van der Waals surface area contributed by atoms with Crippen LogP contribution in [0.2, 0.25) is 0 Å². The van der Waals surface area contributed by atoms with Crippen LogP contribution in [-0.2, 0) is 34.3 Å². The number of sulfonamides is 1. The monoisotopic (exact) mass is 540 g/mol. The number of hydrogen-bond acceptors (Lipinski definition) is 6. The fourth-order valence-electron chi connectivity index (χ4n) is 3.71. The van der Waals surface area contributed by atoms with E-state index in [-0.39, 0.29) is 23.4 Å². The van der Waals surface area contributed by atoms with Gasteiger partial charge in [0.25, 0.3) is 0 Å². The van der Waals surface area contributed by atoms with Crippen molar-refractivity contribution in [1.29, 1.82) is 0 Å². The lowest BCUT2D eigenvalue weighted by Gasteiger charge is -2.32. The molecule has 1 aliphatic heterocycles. The summed E-state index contributed by atoms with van der Waals surface area (Å²) < 4.78 is 66.9. The maximum Gasteiger partial charge on any atom is 0.490 e. The average Bonchev–Trinajstić information content (AvgIpc) is 3.36. The van der Waals surface area contributed by atoms with Crippen LogP contribution in [0.1, 0.15) is 29.5 Å². The van der Waals surface area contributed by atoms with Gasteiger partial charge in [0.15, 0.2) is 0 Å². The smallest absolute Gasteiger partial charge is 0.490 e. The summed E-state index contributed by atoms with van der Waals surface area (Å²) in [6.07, 6.45) is -1.39. The van der Waals surface area contributed by atoms with Crippen LogP contribution in [-0.4, -0.2) is 48.1 Å². The number of carbonyl (C=O) groups is 1. The van der Waals surface area contributed by atoms with Crippen LogP contribution in [0.15, 0.2) is 65.8 Å². The Morgan fingerprint density at radius 1 is 1.22 bits per heavy atom. The number of aliphatic carboxylic acids is 1. The standard InChI is InChI=1S/C22H26N4O3S.C2HF3O2/c1-2-26-14-18(13-24-26)30(27,28)25-12-17-8-9-22-20(11-17)19(21(23)15-29-22)10-16-6-4-3-5-7-16;3-2(4,5)1(6)7/h3-9,11,13-14,19,21,25H,2,10,12,15,23H2,1H3;(H,6,7). The van der Waals surface area contributed by atoms with E-state index in [0.29, 0.717) is 13.2 Å². The number of nitrogens with one attached hydrogen (secondary N) is 1. The van der Waals surface area contributed by atoms with Crippen LogP contribution < -0.4 is 15.2 Å². The molecule has 2 unspecified atom stereocenters. The highest BCUT2D eigenvalue weighted by molar-refractivity contribution is 7.89. The van der Waals surface area contributed by atoms with Crippen molar-refractivity contribution in [3.05, 3.63) is 77.6 Å². The number of rotatable bonds is 7. The summed E-state index contributed by atoms with van der Waals surface area (Å²) in [5.41, 5.74) is 9.47. The van der Waals surface area contributed by atoms with Gasteiger partial charge in [-0.15, -0.1) is 0 Å². The SMILES string of the molecule is CCn1cc(S(=O)(=O)NCc2ccc3c(c2)C(Cc2ccccc2)C(N)CO3)cn1.O=C(O)C(F)(F)F. The largest absolute Gasteiger partial charge is 0.492 e. The molecule has 0 radical (unpaired) electrons. The zero-order valence-electron chi connectivity index (χ0n) is 19.9. The van der Waals surface area contributed by atoms with Gasteiger partial charge in [-0.05, 0) is 36.1 Å². The number of halogens is 3. The number of carboxylic acids is 1. The number of aromatic nitrogens is 2. The zero-order chi connectivity index (χ0) is 27.2. The molecular formula is C24H27F3N4O5S. The second kappa shape index (κ2) is 11.8. The lowest BCUT2D eigenvalue weighted by atomic mass is 9.84. The first kappa shape index (κ1) is 28.2. The van der Waals surface area contributed by atoms with E-state index in [1.807, 2.05) is 43.3 Å². The second-order valence-corrected chi connectivity index (χ2v) is 10.1. The molecule has 1 aliphatic rings. The first-order valence-electron chi connectivity index (χ1n) is 11.3. The fraction of sp³-hybridized carbons (Fsp3) is 0.333. The van der Waals surface area contributed by atoms with E-state index in [2.05, 4.69) is 22.0 Å². The number of carboxylic acid groups (broad SMARTS) is 1. The second-order valence-electron chi connectivity index (χ2n) is 8.30. The zero-order valence-corrected chi connectivity index (χ0v) is 20.7. The third-order valence-electron chi connectivity index (χ3n) is 5.67. The molecule has 1 aromatic heterocycles. The highest BCUT2D eigenvalue weighted by Crippen LogP contribution is 2.36. The van der Waals surface area contributed by atoms with E-state index in [1.165, 1.54) is 18.0 Å². The van der Waals surface area contributed by atoms with E-state index in [0.717, 1.165) is 23.3 Å². The van der Waals surface area contributed by atoms with E-state index in [4.69, 9.17) is 20.4 Å². The number of hydrogen-bond donors (Lipinski definition) is 3. The number of alkyl halides is 3. The van der Waals surface area contributed by atoms with Gasteiger partial charge in [0.05, 0.1) is 6.20 Å². The molecule has 37 heavy (non-hydrogen) atoms. The lowest BCUT2D eigenvalue weighted by molar-refractivity contribution is -0.192. The molecule has 4 N–H and O–H groups in total. The summed E-state index contributed by atoms with van der Waals surface area (Å²) in [4.78, 5) is 9.06. The Bertz CT molecular complexity index is 1310. The predicted octanol–water partition coefficient (Wildman–Crippen LogP) is 3.06. The summed E-state index contributed by atoms with van der Waals surface area (Å²) in [6, 6.07) is 15.9. The number of benzene rings is 2. The fourth-order valence-corrected chi connectivity index (χ4v) is 4.68. The maximum absolute atomic E-state index is 12.6. The van der Waals surface area contributed by atoms with E-state index in [9.17, 15) is 21.6 Å².